The zero-order valence-electron chi connectivity index (χ0n) is 13.8. The summed E-state index contributed by atoms with van der Waals surface area (Å²) in [7, 11) is 2.12. The minimum atomic E-state index is -0.216. The van der Waals surface area contributed by atoms with Crippen LogP contribution in [0.25, 0.3) is 11.3 Å². The van der Waals surface area contributed by atoms with Gasteiger partial charge in [0.25, 0.3) is 0 Å². The molecule has 5 heteroatoms. The zero-order valence-corrected chi connectivity index (χ0v) is 13.8. The Balaban J connectivity index is 2.16. The quantitative estimate of drug-likeness (QED) is 0.734. The number of rotatable bonds is 8. The Morgan fingerprint density at radius 1 is 1.48 bits per heavy atom. The van der Waals surface area contributed by atoms with Crippen LogP contribution in [0.4, 0.5) is 5.69 Å². The van der Waals surface area contributed by atoms with Crippen LogP contribution in [-0.4, -0.2) is 34.6 Å². The fourth-order valence-electron chi connectivity index (χ4n) is 2.42. The number of H-pyrrole nitrogens is 1. The monoisotopic (exact) mass is 312 g/mol. The van der Waals surface area contributed by atoms with Gasteiger partial charge in [-0.1, -0.05) is 32.1 Å². The van der Waals surface area contributed by atoms with Gasteiger partial charge in [0.1, 0.15) is 0 Å². The molecule has 0 saturated carbocycles. The van der Waals surface area contributed by atoms with Crippen LogP contribution in [0.3, 0.4) is 0 Å². The van der Waals surface area contributed by atoms with Crippen molar-refractivity contribution in [1.29, 1.82) is 0 Å². The van der Waals surface area contributed by atoms with Gasteiger partial charge in [0.15, 0.2) is 0 Å². The molecule has 5 nitrogen and oxygen atoms in total. The van der Waals surface area contributed by atoms with Crippen LogP contribution >= 0.6 is 0 Å². The van der Waals surface area contributed by atoms with Gasteiger partial charge in [0.05, 0.1) is 11.9 Å². The molecule has 0 spiro atoms. The molecule has 122 valence electrons. The normalized spacial score (nSPS) is 10.7. The first-order valence-corrected chi connectivity index (χ1v) is 7.88. The van der Waals surface area contributed by atoms with Crippen LogP contribution in [0, 0.1) is 0 Å². The summed E-state index contributed by atoms with van der Waals surface area (Å²) in [6.45, 7) is 7.57. The van der Waals surface area contributed by atoms with Gasteiger partial charge in [-0.05, 0) is 38.2 Å². The van der Waals surface area contributed by atoms with Crippen molar-refractivity contribution in [1.82, 2.24) is 15.1 Å². The lowest BCUT2D eigenvalue weighted by Gasteiger charge is -2.16. The summed E-state index contributed by atoms with van der Waals surface area (Å²) < 4.78 is 0. The van der Waals surface area contributed by atoms with E-state index in [4.69, 9.17) is 0 Å². The molecule has 1 heterocycles. The number of hydrogen-bond acceptors (Lipinski definition) is 3. The Morgan fingerprint density at radius 2 is 2.30 bits per heavy atom. The van der Waals surface area contributed by atoms with Crippen molar-refractivity contribution in [2.45, 2.75) is 26.3 Å². The van der Waals surface area contributed by atoms with Crippen molar-refractivity contribution in [3.05, 3.63) is 48.7 Å². The van der Waals surface area contributed by atoms with Crippen LogP contribution in [0.2, 0.25) is 0 Å². The maximum absolute atomic E-state index is 11.4. The second kappa shape index (κ2) is 8.29. The van der Waals surface area contributed by atoms with E-state index in [1.54, 1.807) is 0 Å². The van der Waals surface area contributed by atoms with Crippen molar-refractivity contribution in [3.63, 3.8) is 0 Å². The van der Waals surface area contributed by atoms with Crippen LogP contribution < -0.4 is 5.32 Å². The number of nitrogens with one attached hydrogen (secondary N) is 2. The number of aromatic amines is 1. The van der Waals surface area contributed by atoms with Crippen LogP contribution in [0.15, 0.2) is 43.1 Å². The summed E-state index contributed by atoms with van der Waals surface area (Å²) in [6, 6.07) is 7.71. The van der Waals surface area contributed by atoms with Gasteiger partial charge in [0, 0.05) is 23.4 Å². The molecule has 0 bridgehead atoms. The molecular weight excluding hydrogens is 288 g/mol. The van der Waals surface area contributed by atoms with Crippen molar-refractivity contribution in [2.24, 2.45) is 0 Å². The van der Waals surface area contributed by atoms with E-state index >= 15 is 0 Å². The summed E-state index contributed by atoms with van der Waals surface area (Å²) in [5.41, 5.74) is 3.88. The molecule has 2 rings (SSSR count). The fourth-order valence-corrected chi connectivity index (χ4v) is 2.42. The zero-order chi connectivity index (χ0) is 16.7. The van der Waals surface area contributed by atoms with Crippen molar-refractivity contribution in [3.8, 4) is 11.3 Å². The largest absolute Gasteiger partial charge is 0.323 e. The summed E-state index contributed by atoms with van der Waals surface area (Å²) in [5.74, 6) is -0.216. The van der Waals surface area contributed by atoms with E-state index in [0.717, 1.165) is 35.6 Å². The Hall–Kier alpha value is -2.40. The number of anilines is 1. The molecule has 0 atom stereocenters. The van der Waals surface area contributed by atoms with E-state index in [-0.39, 0.29) is 5.91 Å². The fraction of sp³-hybridized carbons (Fsp3) is 0.333. The number of aromatic nitrogens is 2. The standard InChI is InChI=1S/C18H24N4O/c1-4-6-10-22(3)13-15-12-19-21-18(15)14-8-7-9-16(11-14)20-17(23)5-2/h5,7-9,11-12H,2,4,6,10,13H2,1,3H3,(H,19,21)(H,20,23). The van der Waals surface area contributed by atoms with Crippen LogP contribution in [0.5, 0.6) is 0 Å². The SMILES string of the molecule is C=CC(=O)Nc1cccc(-c2[nH]ncc2CN(C)CCCC)c1. The average Bonchev–Trinajstić information content (AvgIpc) is 3.01. The van der Waals surface area contributed by atoms with Gasteiger partial charge >= 0.3 is 0 Å². The number of hydrogen-bond donors (Lipinski definition) is 2. The Bertz CT molecular complexity index is 663. The first kappa shape index (κ1) is 17.0. The first-order valence-electron chi connectivity index (χ1n) is 7.88. The molecule has 0 aliphatic heterocycles. The molecule has 1 aromatic heterocycles. The molecular formula is C18H24N4O. The van der Waals surface area contributed by atoms with Crippen molar-refractivity contribution >= 4 is 11.6 Å². The molecule has 2 N–H and O–H groups in total. The third-order valence-corrected chi connectivity index (χ3v) is 3.66. The predicted octanol–water partition coefficient (Wildman–Crippen LogP) is 3.43. The topological polar surface area (TPSA) is 61.0 Å². The lowest BCUT2D eigenvalue weighted by atomic mass is 10.1. The number of unbranched alkanes of at least 4 members (excludes halogenated alkanes) is 1. The molecule has 0 fully saturated rings. The molecule has 0 aliphatic rings. The molecule has 1 aromatic carbocycles. The first-order chi connectivity index (χ1) is 11.1. The van der Waals surface area contributed by atoms with Gasteiger partial charge < -0.3 is 10.2 Å². The lowest BCUT2D eigenvalue weighted by Crippen LogP contribution is -2.19. The molecule has 23 heavy (non-hydrogen) atoms. The summed E-state index contributed by atoms with van der Waals surface area (Å²) in [4.78, 5) is 13.7. The van der Waals surface area contributed by atoms with Crippen LogP contribution in [-0.2, 0) is 11.3 Å². The number of benzene rings is 1. The van der Waals surface area contributed by atoms with E-state index < -0.39 is 0 Å². The number of amides is 1. The molecule has 1 amide bonds. The summed E-state index contributed by atoms with van der Waals surface area (Å²) >= 11 is 0. The van der Waals surface area contributed by atoms with Crippen molar-refractivity contribution < 1.29 is 4.79 Å². The smallest absolute Gasteiger partial charge is 0.247 e. The maximum Gasteiger partial charge on any atom is 0.247 e. The highest BCUT2D eigenvalue weighted by Gasteiger charge is 2.10. The van der Waals surface area contributed by atoms with E-state index in [9.17, 15) is 4.79 Å². The van der Waals surface area contributed by atoms with E-state index in [1.165, 1.54) is 18.9 Å². The molecule has 0 radical (unpaired) electrons. The highest BCUT2D eigenvalue weighted by atomic mass is 16.1. The second-order valence-electron chi connectivity index (χ2n) is 5.64. The van der Waals surface area contributed by atoms with Gasteiger partial charge in [0.2, 0.25) is 5.91 Å². The van der Waals surface area contributed by atoms with E-state index in [2.05, 4.69) is 41.0 Å². The van der Waals surface area contributed by atoms with Crippen LogP contribution in [0.1, 0.15) is 25.3 Å². The Kier molecular flexibility index (Phi) is 6.11. The highest BCUT2D eigenvalue weighted by molar-refractivity contribution is 5.99. The minimum absolute atomic E-state index is 0.216. The summed E-state index contributed by atoms with van der Waals surface area (Å²) in [6.07, 6.45) is 5.50. The molecule has 0 aliphatic carbocycles. The van der Waals surface area contributed by atoms with Gasteiger partial charge in [-0.15, -0.1) is 0 Å². The molecule has 0 unspecified atom stereocenters. The van der Waals surface area contributed by atoms with Crippen molar-refractivity contribution in [2.75, 3.05) is 18.9 Å². The lowest BCUT2D eigenvalue weighted by molar-refractivity contribution is -0.111. The summed E-state index contributed by atoms with van der Waals surface area (Å²) in [5, 5.41) is 10.0. The molecule has 2 aromatic rings. The Labute approximate surface area is 137 Å². The molecule has 0 saturated heterocycles. The third kappa shape index (κ3) is 4.79. The van der Waals surface area contributed by atoms with E-state index in [0.29, 0.717) is 0 Å². The van der Waals surface area contributed by atoms with Gasteiger partial charge in [-0.2, -0.15) is 5.10 Å². The average molecular weight is 312 g/mol. The predicted molar refractivity (Wildman–Crippen MR) is 94.1 cm³/mol. The van der Waals surface area contributed by atoms with E-state index in [1.807, 2.05) is 30.5 Å². The van der Waals surface area contributed by atoms with Gasteiger partial charge in [-0.3, -0.25) is 9.89 Å². The van der Waals surface area contributed by atoms with Gasteiger partial charge in [-0.25, -0.2) is 0 Å². The minimum Gasteiger partial charge on any atom is -0.323 e. The maximum atomic E-state index is 11.4. The Morgan fingerprint density at radius 3 is 3.04 bits per heavy atom. The number of nitrogens with zero attached hydrogens (tertiary/aromatic N) is 2. The highest BCUT2D eigenvalue weighted by Crippen LogP contribution is 2.25. The number of carbonyl (C=O) groups excluding carboxylic acids is 1. The second-order valence-corrected chi connectivity index (χ2v) is 5.64. The number of carbonyl (C=O) groups is 1. The third-order valence-electron chi connectivity index (χ3n) is 3.66.